The molecule has 2 aliphatic carbocycles. The molecular weight excluding hydrogens is 1110 g/mol. The zero-order chi connectivity index (χ0) is 58.3. The molecule has 0 unspecified atom stereocenters. The van der Waals surface area contributed by atoms with E-state index in [1.165, 1.54) is 69.2 Å². The Labute approximate surface area is 515 Å². The van der Waals surface area contributed by atoms with Crippen molar-refractivity contribution in [1.82, 2.24) is 0 Å². The Morgan fingerprint density at radius 3 is 0.512 bits per heavy atom. The van der Waals surface area contributed by atoms with Crippen molar-refractivity contribution in [3.05, 3.63) is 331 Å². The Bertz CT molecular complexity index is 3890. The van der Waals surface area contributed by atoms with Gasteiger partial charge in [-0.15, -0.1) is 0 Å². The highest BCUT2D eigenvalue weighted by atomic mass is 31.1. The average Bonchev–Trinajstić information content (AvgIpc) is 1.48. The van der Waals surface area contributed by atoms with Crippen LogP contribution in [0.5, 0.6) is 0 Å². The van der Waals surface area contributed by atoms with Gasteiger partial charge in [-0.2, -0.15) is 0 Å². The minimum absolute atomic E-state index is 0.0346. The van der Waals surface area contributed by atoms with E-state index in [1.807, 2.05) is 0 Å². The zero-order valence-corrected chi connectivity index (χ0v) is 54.3. The lowest BCUT2D eigenvalue weighted by molar-refractivity contribution is 0.390. The number of benzene rings is 8. The SMILES string of the molecule is CC1(C)C2=C(C3=C1[C@@]1(C)C[P@]3C(c3ccccc3)=C1c1ccccc1)[P@@]1C[C@@]2(C)C(c2ccccc2)=C1c1ccccc1.CC1(C)C2=C(C3=C1[C@]1(C)C[P@]3C(c3ccccc3)=C1c1ccccc1)[P@@]1C[C@]2(C)C(c2ccccc2)=C1c1ccccc1. The summed E-state index contributed by atoms with van der Waals surface area (Å²) in [6.07, 6.45) is 5.05. The third-order valence-corrected chi connectivity index (χ3v) is 33.9. The Morgan fingerprint density at radius 1 is 0.198 bits per heavy atom. The molecule has 0 saturated heterocycles. The summed E-state index contributed by atoms with van der Waals surface area (Å²) in [6.45, 7) is 20.8. The van der Waals surface area contributed by atoms with Gasteiger partial charge in [0.25, 0.3) is 0 Å². The van der Waals surface area contributed by atoms with Gasteiger partial charge in [-0.1, -0.05) is 298 Å². The van der Waals surface area contributed by atoms with E-state index in [0.717, 1.165) is 0 Å². The number of rotatable bonds is 8. The van der Waals surface area contributed by atoms with Crippen LogP contribution in [0.4, 0.5) is 0 Å². The molecule has 0 radical (unpaired) electrons. The maximum atomic E-state index is 2.61. The molecule has 420 valence electrons. The van der Waals surface area contributed by atoms with E-state index in [2.05, 4.69) is 298 Å². The normalized spacial score (nSPS) is 29.7. The van der Waals surface area contributed by atoms with Gasteiger partial charge in [-0.3, -0.25) is 0 Å². The Morgan fingerprint density at radius 2 is 0.349 bits per heavy atom. The molecule has 0 N–H and O–H groups in total. The molecule has 18 rings (SSSR count). The van der Waals surface area contributed by atoms with E-state index in [-0.39, 0.29) is 32.5 Å². The van der Waals surface area contributed by atoms with Crippen molar-refractivity contribution < 1.29 is 0 Å². The summed E-state index contributed by atoms with van der Waals surface area (Å²) in [5.74, 6) is 0. The van der Waals surface area contributed by atoms with Crippen molar-refractivity contribution in [1.29, 1.82) is 0 Å². The van der Waals surface area contributed by atoms with Crippen LogP contribution in [0.2, 0.25) is 0 Å². The van der Waals surface area contributed by atoms with Crippen LogP contribution in [-0.2, 0) is 0 Å². The Hall–Kier alpha value is -6.60. The summed E-state index contributed by atoms with van der Waals surface area (Å²) < 4.78 is 0. The molecular formula is C82H72P4. The smallest absolute Gasteiger partial charge is 0.0209 e. The molecule has 0 saturated carbocycles. The number of hydrogen-bond acceptors (Lipinski definition) is 0. The van der Waals surface area contributed by atoms with Gasteiger partial charge >= 0.3 is 0 Å². The maximum Gasteiger partial charge on any atom is 0.0209 e. The van der Waals surface area contributed by atoms with Gasteiger partial charge in [0.1, 0.15) is 0 Å². The van der Waals surface area contributed by atoms with E-state index >= 15 is 0 Å². The minimum Gasteiger partial charge on any atom is -0.0622 e. The monoisotopic (exact) mass is 1180 g/mol. The molecule has 8 aromatic carbocycles. The van der Waals surface area contributed by atoms with E-state index in [1.54, 1.807) is 87.1 Å². The fourth-order valence-corrected chi connectivity index (χ4v) is 36.1. The lowest BCUT2D eigenvalue weighted by atomic mass is 9.59. The quantitative estimate of drug-likeness (QED) is 0.133. The highest BCUT2D eigenvalue weighted by Crippen LogP contribution is 2.94. The van der Waals surface area contributed by atoms with Crippen molar-refractivity contribution in [2.24, 2.45) is 32.5 Å². The van der Waals surface area contributed by atoms with Crippen LogP contribution >= 0.6 is 31.7 Å². The summed E-state index contributed by atoms with van der Waals surface area (Å²) in [7, 11) is -1.79. The average molecular weight is 1180 g/mol. The van der Waals surface area contributed by atoms with Gasteiger partial charge in [0.15, 0.2) is 0 Å². The Kier molecular flexibility index (Phi) is 11.8. The number of allylic oxidation sites excluding steroid dienone is 12. The van der Waals surface area contributed by atoms with Crippen LogP contribution in [0.3, 0.4) is 0 Å². The second-order valence-corrected chi connectivity index (χ2v) is 35.9. The molecule has 8 aromatic rings. The Balaban J connectivity index is 0.000000134. The summed E-state index contributed by atoms with van der Waals surface area (Å²) in [6, 6.07) is 90.9. The molecule has 8 bridgehead atoms. The lowest BCUT2D eigenvalue weighted by Gasteiger charge is -2.44. The van der Waals surface area contributed by atoms with Crippen molar-refractivity contribution in [2.75, 3.05) is 24.6 Å². The van der Waals surface area contributed by atoms with Crippen LogP contribution < -0.4 is 0 Å². The molecule has 8 aliphatic heterocycles. The van der Waals surface area contributed by atoms with E-state index in [0.29, 0.717) is 0 Å². The van der Waals surface area contributed by atoms with Gasteiger partial charge in [-0.25, -0.2) is 0 Å². The highest BCUT2D eigenvalue weighted by Gasteiger charge is 2.70. The van der Waals surface area contributed by atoms with Gasteiger partial charge in [0.2, 0.25) is 0 Å². The van der Waals surface area contributed by atoms with E-state index in [4.69, 9.17) is 0 Å². The van der Waals surface area contributed by atoms with E-state index < -0.39 is 31.7 Å². The topological polar surface area (TPSA) is 0 Å². The molecule has 8 atom stereocenters. The molecule has 4 heteroatoms. The molecule has 0 amide bonds. The van der Waals surface area contributed by atoms with Crippen LogP contribution in [0.15, 0.2) is 286 Å². The second-order valence-electron chi connectivity index (χ2n) is 27.6. The fourth-order valence-electron chi connectivity index (χ4n) is 19.7. The third kappa shape index (κ3) is 7.04. The molecule has 0 spiro atoms. The predicted octanol–water partition coefficient (Wildman–Crippen LogP) is 23.4. The van der Waals surface area contributed by atoms with Crippen LogP contribution in [0.1, 0.15) is 99.9 Å². The predicted molar refractivity (Wildman–Crippen MR) is 374 cm³/mol. The van der Waals surface area contributed by atoms with Crippen LogP contribution in [-0.4, -0.2) is 24.6 Å². The zero-order valence-electron chi connectivity index (χ0n) is 50.7. The highest BCUT2D eigenvalue weighted by molar-refractivity contribution is 7.80. The first kappa shape index (κ1) is 53.6. The molecule has 86 heavy (non-hydrogen) atoms. The van der Waals surface area contributed by atoms with E-state index in [9.17, 15) is 0 Å². The van der Waals surface area contributed by atoms with Gasteiger partial charge in [0.05, 0.1) is 0 Å². The first-order valence-corrected chi connectivity index (χ1v) is 37.4. The molecule has 0 aromatic heterocycles. The van der Waals surface area contributed by atoms with Gasteiger partial charge < -0.3 is 0 Å². The van der Waals surface area contributed by atoms with Crippen molar-refractivity contribution >= 4 is 75.2 Å². The van der Waals surface area contributed by atoms with Crippen LogP contribution in [0.25, 0.3) is 43.5 Å². The first-order chi connectivity index (χ1) is 41.7. The largest absolute Gasteiger partial charge is 0.0622 e. The summed E-state index contributed by atoms with van der Waals surface area (Å²) in [4.78, 5) is 0. The van der Waals surface area contributed by atoms with Crippen molar-refractivity contribution in [3.63, 3.8) is 0 Å². The van der Waals surface area contributed by atoms with Gasteiger partial charge in [0, 0.05) is 32.5 Å². The van der Waals surface area contributed by atoms with Gasteiger partial charge in [-0.05, 0) is 188 Å². The summed E-state index contributed by atoms with van der Waals surface area (Å²) >= 11 is 0. The maximum absolute atomic E-state index is 2.61. The number of hydrogen-bond donors (Lipinski definition) is 0. The molecule has 8 heterocycles. The first-order valence-electron chi connectivity index (χ1n) is 31.3. The lowest BCUT2D eigenvalue weighted by Crippen LogP contribution is -2.35. The third-order valence-electron chi connectivity index (χ3n) is 21.8. The summed E-state index contributed by atoms with van der Waals surface area (Å²) in [5.41, 5.74) is 25.1. The molecule has 10 aliphatic rings. The standard InChI is InChI=1S/2C41H36P2/c2*1-39(2)37-35(42-25-40(37,3)31(27-17-9-5-10-18-27)33(42)29-21-13-7-14-22-29)36-38(39)41(4)26-43(36)34(30-23-15-8-16-24-30)32(41)28-19-11-6-12-20-28/h2*5-24H,25-26H2,1-4H3/t2*40-,41-,42-,43+/m10/s1. The molecule has 0 nitrogen and oxygen atoms in total. The van der Waals surface area contributed by atoms with Crippen molar-refractivity contribution in [2.45, 2.75) is 55.4 Å². The molecule has 0 fully saturated rings. The van der Waals surface area contributed by atoms with Crippen LogP contribution in [0, 0.1) is 32.5 Å². The minimum atomic E-state index is -0.446. The second kappa shape index (κ2) is 19.0. The summed E-state index contributed by atoms with van der Waals surface area (Å²) in [5, 5.41) is 13.8. The number of fused-ring (bicyclic) bond motifs is 18. The van der Waals surface area contributed by atoms with Crippen molar-refractivity contribution in [3.8, 4) is 0 Å². The fraction of sp³-hybridized carbons (Fsp3) is 0.220.